The maximum atomic E-state index is 12.3. The Kier molecular flexibility index (Phi) is 20.4. The zero-order valence-electron chi connectivity index (χ0n) is 31.2. The highest BCUT2D eigenvalue weighted by Gasteiger charge is 2.12. The van der Waals surface area contributed by atoms with E-state index in [1.807, 2.05) is 50.2 Å². The van der Waals surface area contributed by atoms with Gasteiger partial charge in [-0.25, -0.2) is 0 Å². The van der Waals surface area contributed by atoms with Gasteiger partial charge in [0, 0.05) is 49.6 Å². The van der Waals surface area contributed by atoms with Crippen LogP contribution in [0.1, 0.15) is 11.1 Å². The summed E-state index contributed by atoms with van der Waals surface area (Å²) in [5, 5.41) is 13.0. The summed E-state index contributed by atoms with van der Waals surface area (Å²) in [6.45, 7) is 3.29. The first kappa shape index (κ1) is 47.5. The number of hydrogen-bond donors (Lipinski definition) is 4. The van der Waals surface area contributed by atoms with Crippen molar-refractivity contribution in [1.82, 2.24) is 20.4 Å². The van der Waals surface area contributed by atoms with Gasteiger partial charge in [-0.3, -0.25) is 29.8 Å². The summed E-state index contributed by atoms with van der Waals surface area (Å²) in [5.74, 6) is -0.223. The van der Waals surface area contributed by atoms with Crippen molar-refractivity contribution in [3.05, 3.63) is 104 Å². The van der Waals surface area contributed by atoms with Crippen LogP contribution in [-0.2, 0) is 19.2 Å². The molecule has 4 aromatic carbocycles. The molecule has 0 atom stereocenters. The second kappa shape index (κ2) is 24.0. The van der Waals surface area contributed by atoms with Crippen molar-refractivity contribution in [2.75, 3.05) is 52.0 Å². The smallest absolute Gasteiger partial charge is 0.264 e. The van der Waals surface area contributed by atoms with E-state index in [4.69, 9.17) is 80.3 Å². The van der Waals surface area contributed by atoms with Gasteiger partial charge in [-0.05, 0) is 121 Å². The fraction of sp³-hybridized carbons (Fsp3) is 0.211. The Bertz CT molecular complexity index is 1890. The van der Waals surface area contributed by atoms with Crippen LogP contribution < -0.4 is 30.7 Å². The predicted octanol–water partition coefficient (Wildman–Crippen LogP) is 7.78. The lowest BCUT2D eigenvalue weighted by Gasteiger charge is -2.15. The summed E-state index contributed by atoms with van der Waals surface area (Å²) < 4.78 is 10.9. The third-order valence-corrected chi connectivity index (χ3v) is 8.18. The van der Waals surface area contributed by atoms with Crippen molar-refractivity contribution >= 4 is 117 Å². The number of thiocarbonyl (C=S) groups is 2. The van der Waals surface area contributed by atoms with Gasteiger partial charge in [0.15, 0.2) is 23.4 Å². The van der Waals surface area contributed by atoms with Gasteiger partial charge in [0.1, 0.15) is 11.5 Å². The molecule has 298 valence electrons. The quantitative estimate of drug-likeness (QED) is 0.0873. The zero-order chi connectivity index (χ0) is 41.9. The Balaban J connectivity index is 0.000000961. The molecule has 0 fully saturated rings. The number of carbonyl (C=O) groups is 4. The van der Waals surface area contributed by atoms with Gasteiger partial charge in [-0.15, -0.1) is 0 Å². The molecule has 0 spiro atoms. The molecule has 0 aliphatic rings. The van der Waals surface area contributed by atoms with Crippen molar-refractivity contribution in [2.24, 2.45) is 0 Å². The van der Waals surface area contributed by atoms with E-state index in [1.54, 1.807) is 52.5 Å². The lowest BCUT2D eigenvalue weighted by molar-refractivity contribution is -0.122. The minimum Gasteiger partial charge on any atom is -0.482 e. The van der Waals surface area contributed by atoms with E-state index in [9.17, 15) is 19.2 Å². The van der Waals surface area contributed by atoms with Gasteiger partial charge < -0.3 is 29.9 Å². The van der Waals surface area contributed by atoms with Gasteiger partial charge >= 0.3 is 0 Å². The van der Waals surface area contributed by atoms with Crippen LogP contribution in [0, 0.1) is 13.8 Å². The van der Waals surface area contributed by atoms with Crippen LogP contribution in [-0.4, -0.2) is 86.1 Å². The molecule has 4 rings (SSSR count). The highest BCUT2D eigenvalue weighted by molar-refractivity contribution is 7.80. The number of amides is 4. The summed E-state index contributed by atoms with van der Waals surface area (Å²) in [4.78, 5) is 46.4. The molecule has 0 unspecified atom stereocenters. The van der Waals surface area contributed by atoms with Crippen molar-refractivity contribution in [2.45, 2.75) is 13.8 Å². The van der Waals surface area contributed by atoms with E-state index < -0.39 is 11.8 Å². The molecule has 4 aromatic rings. The van der Waals surface area contributed by atoms with Gasteiger partial charge in [-0.1, -0.05) is 58.5 Å². The van der Waals surface area contributed by atoms with Crippen LogP contribution in [0.25, 0.3) is 11.1 Å². The van der Waals surface area contributed by atoms with Crippen LogP contribution in [0.2, 0.25) is 20.1 Å². The number of rotatable bonds is 11. The first-order chi connectivity index (χ1) is 26.4. The largest absolute Gasteiger partial charge is 0.482 e. The van der Waals surface area contributed by atoms with Crippen molar-refractivity contribution in [3.8, 4) is 22.6 Å². The second-order valence-corrected chi connectivity index (χ2v) is 14.4. The van der Waals surface area contributed by atoms with E-state index in [1.165, 1.54) is 21.9 Å². The number of hydrogen-bond acceptors (Lipinski definition) is 8. The molecule has 0 heterocycles. The number of ether oxygens (including phenoxy) is 2. The number of aryl methyl sites for hydroxylation is 2. The molecule has 0 saturated heterocycles. The monoisotopic (exact) mass is 880 g/mol. The van der Waals surface area contributed by atoms with E-state index in [2.05, 4.69) is 21.3 Å². The molecule has 12 nitrogen and oxygen atoms in total. The van der Waals surface area contributed by atoms with Crippen LogP contribution in [0.3, 0.4) is 0 Å². The number of carbonyl (C=O) groups excluding carboxylic acids is 4. The fourth-order valence-corrected chi connectivity index (χ4v) is 5.44. The summed E-state index contributed by atoms with van der Waals surface area (Å²) in [7, 11) is 6.75. The summed E-state index contributed by atoms with van der Waals surface area (Å²) in [5.41, 5.74) is 5.21. The zero-order valence-corrected chi connectivity index (χ0v) is 35.8. The van der Waals surface area contributed by atoms with Crippen molar-refractivity contribution in [1.29, 1.82) is 0 Å². The third kappa shape index (κ3) is 17.4. The van der Waals surface area contributed by atoms with E-state index in [-0.39, 0.29) is 23.4 Å². The van der Waals surface area contributed by atoms with Crippen LogP contribution >= 0.6 is 70.8 Å². The first-order valence-corrected chi connectivity index (χ1v) is 18.6. The number of halogens is 4. The maximum Gasteiger partial charge on any atom is 0.264 e. The van der Waals surface area contributed by atoms with Gasteiger partial charge in [-0.2, -0.15) is 0 Å². The van der Waals surface area contributed by atoms with Gasteiger partial charge in [0.2, 0.25) is 12.8 Å². The van der Waals surface area contributed by atoms with Crippen LogP contribution in [0.4, 0.5) is 11.4 Å². The SMILES string of the molecule is CN(C)C=O.CN(C)C=O.Cc1cc(-c2ccc(NC(=S)NC(=O)COc3ccc(Cl)cc3Cl)c(C)c2)ccc1NC(=S)NC(=O)COc1ccc(Cl)cc1Cl. The van der Waals surface area contributed by atoms with Crippen molar-refractivity contribution in [3.63, 3.8) is 0 Å². The van der Waals surface area contributed by atoms with Crippen LogP contribution in [0.5, 0.6) is 11.5 Å². The summed E-state index contributed by atoms with van der Waals surface area (Å²) >= 11 is 34.5. The molecule has 0 bridgehead atoms. The summed E-state index contributed by atoms with van der Waals surface area (Å²) in [6.07, 6.45) is 1.50. The molecule has 4 amide bonds. The highest BCUT2D eigenvalue weighted by atomic mass is 35.5. The Morgan fingerprint density at radius 1 is 0.607 bits per heavy atom. The molecule has 0 aliphatic carbocycles. The van der Waals surface area contributed by atoms with Gasteiger partial charge in [0.25, 0.3) is 11.8 Å². The molecule has 18 heteroatoms. The lowest BCUT2D eigenvalue weighted by Crippen LogP contribution is -2.37. The number of benzene rings is 4. The molecular weight excluding hydrogens is 842 g/mol. The predicted molar refractivity (Wildman–Crippen MR) is 233 cm³/mol. The maximum absolute atomic E-state index is 12.3. The minimum absolute atomic E-state index is 0.126. The molecule has 0 aliphatic heterocycles. The average Bonchev–Trinajstić information content (AvgIpc) is 3.13. The molecule has 0 aromatic heterocycles. The molecule has 4 N–H and O–H groups in total. The summed E-state index contributed by atoms with van der Waals surface area (Å²) in [6, 6.07) is 21.1. The molecule has 0 saturated carbocycles. The normalized spacial score (nSPS) is 9.82. The lowest BCUT2D eigenvalue weighted by atomic mass is 10.00. The van der Waals surface area contributed by atoms with E-state index in [0.717, 1.165) is 46.4 Å². The van der Waals surface area contributed by atoms with Crippen molar-refractivity contribution < 1.29 is 28.7 Å². The Labute approximate surface area is 356 Å². The molecular formula is C38H40Cl4N6O6S2. The first-order valence-electron chi connectivity index (χ1n) is 16.2. The van der Waals surface area contributed by atoms with E-state index in [0.29, 0.717) is 31.6 Å². The van der Waals surface area contributed by atoms with E-state index >= 15 is 0 Å². The Morgan fingerprint density at radius 2 is 0.946 bits per heavy atom. The number of nitrogens with zero attached hydrogens (tertiary/aromatic N) is 2. The topological polar surface area (TPSA) is 141 Å². The second-order valence-electron chi connectivity index (χ2n) is 11.9. The third-order valence-electron chi connectivity index (χ3n) is 6.72. The standard InChI is InChI=1S/C32H26Cl4N4O4S2.2C3H7NO/c1-17-11-19(3-7-25(17)37-31(45)39-29(41)15-43-27-9-5-21(33)13-23(27)35)20-4-8-26(18(2)12-20)38-32(46)40-30(42)16-44-28-10-6-22(34)14-24(28)36;2*1-4(2)3-5/h3-14H,15-16H2,1-2H3,(H2,37,39,41,45)(H2,38,40,42,46);2*3H,1-2H3. The Hall–Kier alpha value is -4.70. The fourth-order valence-electron chi connectivity index (χ4n) is 4.07. The number of anilines is 2. The van der Waals surface area contributed by atoms with Gasteiger partial charge in [0.05, 0.1) is 10.0 Å². The molecule has 0 radical (unpaired) electrons. The number of nitrogens with one attached hydrogen (secondary N) is 4. The average molecular weight is 883 g/mol. The highest BCUT2D eigenvalue weighted by Crippen LogP contribution is 2.30. The van der Waals surface area contributed by atoms with Crippen LogP contribution in [0.15, 0.2) is 72.8 Å². The molecule has 56 heavy (non-hydrogen) atoms. The Morgan fingerprint density at radius 3 is 1.23 bits per heavy atom. The minimum atomic E-state index is -0.447.